The van der Waals surface area contributed by atoms with Gasteiger partial charge >= 0.3 is 0 Å². The van der Waals surface area contributed by atoms with Crippen LogP contribution in [0.1, 0.15) is 55.6 Å². The Morgan fingerprint density at radius 2 is 1.81 bits per heavy atom. The Hall–Kier alpha value is -3.21. The van der Waals surface area contributed by atoms with Crippen molar-refractivity contribution in [3.63, 3.8) is 0 Å². The molecule has 0 heterocycles. The number of carbonyl (C=O) groups excluding carboxylic acids is 3. The highest BCUT2D eigenvalue weighted by molar-refractivity contribution is 6.23. The molecule has 36 heavy (non-hydrogen) atoms. The minimum Gasteiger partial charge on any atom is -0.508 e. The van der Waals surface area contributed by atoms with Crippen LogP contribution in [0.15, 0.2) is 35.1 Å². The third kappa shape index (κ3) is 3.39. The van der Waals surface area contributed by atoms with E-state index in [-0.39, 0.29) is 22.9 Å². The van der Waals surface area contributed by atoms with Crippen molar-refractivity contribution in [3.8, 4) is 5.75 Å². The van der Waals surface area contributed by atoms with Crippen molar-refractivity contribution >= 4 is 23.2 Å². The van der Waals surface area contributed by atoms with E-state index in [2.05, 4.69) is 5.32 Å². The van der Waals surface area contributed by atoms with Crippen LogP contribution >= 0.6 is 0 Å². The molecule has 2 saturated carbocycles. The van der Waals surface area contributed by atoms with Gasteiger partial charge in [0.1, 0.15) is 22.8 Å². The van der Waals surface area contributed by atoms with Crippen molar-refractivity contribution in [2.75, 3.05) is 6.54 Å². The third-order valence-electron chi connectivity index (χ3n) is 8.40. The molecular formula is C26H30N2O8. The van der Waals surface area contributed by atoms with E-state index >= 15 is 0 Å². The summed E-state index contributed by atoms with van der Waals surface area (Å²) in [6, 6.07) is 4.88. The van der Waals surface area contributed by atoms with E-state index in [1.165, 1.54) is 6.07 Å². The molecule has 10 heteroatoms. The fourth-order valence-corrected chi connectivity index (χ4v) is 6.62. The van der Waals surface area contributed by atoms with E-state index in [1.807, 2.05) is 0 Å². The molecule has 192 valence electrons. The Morgan fingerprint density at radius 1 is 1.11 bits per heavy atom. The van der Waals surface area contributed by atoms with Gasteiger partial charge in [-0.1, -0.05) is 31.4 Å². The second kappa shape index (κ2) is 8.72. The number of ketones is 2. The summed E-state index contributed by atoms with van der Waals surface area (Å²) in [5.41, 5.74) is 1.64. The van der Waals surface area contributed by atoms with Gasteiger partial charge in [-0.3, -0.25) is 14.4 Å². The van der Waals surface area contributed by atoms with Gasteiger partial charge in [0.25, 0.3) is 5.91 Å². The number of aliphatic hydroxyl groups is 4. The van der Waals surface area contributed by atoms with Crippen LogP contribution in [0.5, 0.6) is 5.75 Å². The molecule has 0 spiro atoms. The van der Waals surface area contributed by atoms with Crippen molar-refractivity contribution in [2.45, 2.75) is 62.2 Å². The molecule has 5 rings (SSSR count). The molecule has 2 fully saturated rings. The number of aliphatic hydroxyl groups excluding tert-OH is 3. The van der Waals surface area contributed by atoms with Gasteiger partial charge in [0, 0.05) is 42.3 Å². The number of nitrogens with one attached hydrogen (secondary N) is 1. The first-order chi connectivity index (χ1) is 17.1. The lowest BCUT2D eigenvalue weighted by atomic mass is 9.55. The zero-order valence-electron chi connectivity index (χ0n) is 19.6. The van der Waals surface area contributed by atoms with Gasteiger partial charge in [0.15, 0.2) is 11.4 Å². The maximum Gasteiger partial charge on any atom is 0.255 e. The number of rotatable bonds is 4. The summed E-state index contributed by atoms with van der Waals surface area (Å²) in [7, 11) is 0. The molecule has 4 aliphatic rings. The zero-order chi connectivity index (χ0) is 25.9. The lowest BCUT2D eigenvalue weighted by Gasteiger charge is -2.51. The smallest absolute Gasteiger partial charge is 0.255 e. The van der Waals surface area contributed by atoms with Gasteiger partial charge in [0.05, 0.1) is 11.7 Å². The second-order valence-electron chi connectivity index (χ2n) is 10.3. The highest BCUT2D eigenvalue weighted by atomic mass is 16.4. The van der Waals surface area contributed by atoms with E-state index in [0.29, 0.717) is 12.1 Å². The summed E-state index contributed by atoms with van der Waals surface area (Å²) in [5, 5.41) is 58.9. The maximum absolute atomic E-state index is 13.8. The molecule has 1 aromatic carbocycles. The van der Waals surface area contributed by atoms with Crippen LogP contribution in [0.4, 0.5) is 0 Å². The molecular weight excluding hydrogens is 468 g/mol. The summed E-state index contributed by atoms with van der Waals surface area (Å²) < 4.78 is 0. The number of nitrogens with two attached hydrogens (primary N) is 1. The predicted molar refractivity (Wildman–Crippen MR) is 127 cm³/mol. The number of Topliss-reactive ketones (excluding diaryl/α,β-unsaturated/α-hetero) is 2. The van der Waals surface area contributed by atoms with Crippen LogP contribution in [-0.4, -0.2) is 67.3 Å². The maximum atomic E-state index is 13.8. The lowest BCUT2D eigenvalue weighted by Crippen LogP contribution is -2.64. The molecule has 5 atom stereocenters. The number of amides is 1. The quantitative estimate of drug-likeness (QED) is 0.295. The number of fused-ring (bicyclic) bond motifs is 3. The van der Waals surface area contributed by atoms with Crippen LogP contribution in [0, 0.1) is 11.8 Å². The summed E-state index contributed by atoms with van der Waals surface area (Å²) in [6.07, 6.45) is 3.15. The second-order valence-corrected chi connectivity index (χ2v) is 10.3. The van der Waals surface area contributed by atoms with Gasteiger partial charge in [-0.15, -0.1) is 0 Å². The highest BCUT2D eigenvalue weighted by Crippen LogP contribution is 2.55. The Labute approximate surface area is 207 Å². The molecule has 0 radical (unpaired) electrons. The van der Waals surface area contributed by atoms with Crippen molar-refractivity contribution in [2.24, 2.45) is 17.6 Å². The van der Waals surface area contributed by atoms with E-state index < -0.39 is 70.4 Å². The molecule has 1 amide bonds. The lowest BCUT2D eigenvalue weighted by molar-refractivity contribution is -0.160. The standard InChI is InChI=1S/C26H30N2O8/c27-25(35)19-16(30)9-14-21(31)18-13(10-28-11-5-2-1-3-6-11)12-7-4-8-15(29)17(12)22(32)20(18)24(34)26(14,36)23(19)33/h4,7-8,11,13-14,18,21,28-29,31-33,36H,1-3,5-6,9-10H2,(H2,27,35)/t13-,14+,18+,21+,26+/m0/s1. The Balaban J connectivity index is 1.65. The molecule has 4 aliphatic carbocycles. The van der Waals surface area contributed by atoms with E-state index in [9.17, 15) is 39.9 Å². The van der Waals surface area contributed by atoms with Crippen LogP contribution in [0.25, 0.3) is 5.76 Å². The van der Waals surface area contributed by atoms with Gasteiger partial charge in [-0.25, -0.2) is 0 Å². The van der Waals surface area contributed by atoms with Crippen LogP contribution in [-0.2, 0) is 14.4 Å². The van der Waals surface area contributed by atoms with E-state index in [4.69, 9.17) is 5.73 Å². The number of benzene rings is 1. The number of hydrogen-bond donors (Lipinski definition) is 7. The Morgan fingerprint density at radius 3 is 2.47 bits per heavy atom. The minimum atomic E-state index is -2.83. The van der Waals surface area contributed by atoms with E-state index in [0.717, 1.165) is 32.1 Å². The fourth-order valence-electron chi connectivity index (χ4n) is 6.62. The van der Waals surface area contributed by atoms with Gasteiger partial charge in [0.2, 0.25) is 5.78 Å². The summed E-state index contributed by atoms with van der Waals surface area (Å²) in [6.45, 7) is 0.306. The molecule has 10 nitrogen and oxygen atoms in total. The number of hydrogen-bond acceptors (Lipinski definition) is 9. The molecule has 0 unspecified atom stereocenters. The highest BCUT2D eigenvalue weighted by Gasteiger charge is 2.65. The van der Waals surface area contributed by atoms with Gasteiger partial charge in [-0.2, -0.15) is 0 Å². The van der Waals surface area contributed by atoms with Crippen LogP contribution in [0.2, 0.25) is 0 Å². The third-order valence-corrected chi connectivity index (χ3v) is 8.40. The van der Waals surface area contributed by atoms with Gasteiger partial charge < -0.3 is 36.6 Å². The molecule has 0 bridgehead atoms. The number of phenols is 1. The topological polar surface area (TPSA) is 190 Å². The molecule has 0 saturated heterocycles. The predicted octanol–water partition coefficient (Wildman–Crippen LogP) is 0.858. The number of primary amides is 1. The van der Waals surface area contributed by atoms with Crippen LogP contribution < -0.4 is 11.1 Å². The normalized spacial score (nSPS) is 32.7. The monoisotopic (exact) mass is 498 g/mol. The number of carbonyl (C=O) groups is 3. The summed E-state index contributed by atoms with van der Waals surface area (Å²) in [5.74, 6) is -8.56. The molecule has 8 N–H and O–H groups in total. The average Bonchev–Trinajstić information content (AvgIpc) is 2.84. The van der Waals surface area contributed by atoms with Crippen molar-refractivity contribution in [3.05, 3.63) is 46.2 Å². The van der Waals surface area contributed by atoms with E-state index in [1.54, 1.807) is 12.1 Å². The van der Waals surface area contributed by atoms with Gasteiger partial charge in [-0.05, 0) is 24.5 Å². The number of aromatic hydroxyl groups is 1. The Bertz CT molecular complexity index is 1210. The largest absolute Gasteiger partial charge is 0.508 e. The van der Waals surface area contributed by atoms with Crippen molar-refractivity contribution < 1.29 is 39.9 Å². The first-order valence-corrected chi connectivity index (χ1v) is 12.3. The molecule has 0 aliphatic heterocycles. The first-order valence-electron chi connectivity index (χ1n) is 12.3. The minimum absolute atomic E-state index is 0.00674. The summed E-state index contributed by atoms with van der Waals surface area (Å²) in [4.78, 5) is 38.2. The zero-order valence-corrected chi connectivity index (χ0v) is 19.6. The van der Waals surface area contributed by atoms with Crippen LogP contribution in [0.3, 0.4) is 0 Å². The number of phenolic OH excluding ortho intramolecular Hbond substituents is 1. The first kappa shape index (κ1) is 24.5. The van der Waals surface area contributed by atoms with Crippen molar-refractivity contribution in [1.82, 2.24) is 5.32 Å². The summed E-state index contributed by atoms with van der Waals surface area (Å²) >= 11 is 0. The average molecular weight is 499 g/mol. The molecule has 1 aromatic rings. The molecule has 0 aromatic heterocycles. The van der Waals surface area contributed by atoms with Crippen molar-refractivity contribution in [1.29, 1.82) is 0 Å². The Kier molecular flexibility index (Phi) is 5.93. The fraction of sp³-hybridized carbons (Fsp3) is 0.500. The SMILES string of the molecule is NC(=O)C1=C(O)[C@@]2(O)C(=O)C3=C(O)c4c(O)cccc4[C@H](CNC4CCCCC4)[C@H]3[C@H](O)[C@H]2CC1=O.